The van der Waals surface area contributed by atoms with Crippen molar-refractivity contribution in [3.05, 3.63) is 88.0 Å². The molecule has 138 valence electrons. The molecule has 2 aromatic carbocycles. The molecule has 0 unspecified atom stereocenters. The van der Waals surface area contributed by atoms with Gasteiger partial charge < -0.3 is 10.1 Å². The Balaban J connectivity index is 1.68. The highest BCUT2D eigenvalue weighted by Gasteiger charge is 2.16. The monoisotopic (exact) mass is 432 g/mol. The molecule has 1 N–H and O–H groups in total. The second kappa shape index (κ2) is 8.73. The van der Waals surface area contributed by atoms with Crippen LogP contribution < -0.4 is 10.1 Å². The fraction of sp³-hybridized carbons (Fsp3) is 0.100. The fourth-order valence-corrected chi connectivity index (χ4v) is 2.62. The highest BCUT2D eigenvalue weighted by molar-refractivity contribution is 9.10. The summed E-state index contributed by atoms with van der Waals surface area (Å²) in [6.45, 7) is 0.368. The number of aromatic nitrogens is 1. The van der Waals surface area contributed by atoms with Gasteiger partial charge in [0.15, 0.2) is 0 Å². The van der Waals surface area contributed by atoms with Crippen molar-refractivity contribution in [3.63, 3.8) is 0 Å². The Morgan fingerprint density at radius 2 is 1.74 bits per heavy atom. The van der Waals surface area contributed by atoms with E-state index < -0.39 is 17.5 Å². The lowest BCUT2D eigenvalue weighted by atomic mass is 10.1. The highest BCUT2D eigenvalue weighted by atomic mass is 79.9. The van der Waals surface area contributed by atoms with Gasteiger partial charge in [0.2, 0.25) is 5.88 Å². The van der Waals surface area contributed by atoms with E-state index in [0.717, 1.165) is 22.3 Å². The van der Waals surface area contributed by atoms with Gasteiger partial charge in [-0.15, -0.1) is 0 Å². The van der Waals surface area contributed by atoms with Crippen molar-refractivity contribution in [1.82, 2.24) is 10.3 Å². The molecular weight excluding hydrogens is 418 g/mol. The number of halogens is 3. The molecule has 7 heteroatoms. The van der Waals surface area contributed by atoms with Crippen LogP contribution in [0.25, 0.3) is 0 Å². The molecule has 0 radical (unpaired) electrons. The van der Waals surface area contributed by atoms with E-state index >= 15 is 0 Å². The second-order valence-electron chi connectivity index (χ2n) is 5.69. The van der Waals surface area contributed by atoms with Crippen molar-refractivity contribution in [2.24, 2.45) is 0 Å². The number of benzene rings is 2. The maximum absolute atomic E-state index is 13.6. The van der Waals surface area contributed by atoms with Crippen LogP contribution in [0.3, 0.4) is 0 Å². The van der Waals surface area contributed by atoms with E-state index in [-0.39, 0.29) is 11.4 Å². The third kappa shape index (κ3) is 5.34. The maximum Gasteiger partial charge on any atom is 0.256 e. The quantitative estimate of drug-likeness (QED) is 0.603. The predicted octanol–water partition coefficient (Wildman–Crippen LogP) is 4.89. The van der Waals surface area contributed by atoms with Gasteiger partial charge in [-0.2, -0.15) is 0 Å². The molecule has 0 aliphatic heterocycles. The minimum Gasteiger partial charge on any atom is -0.438 e. The summed E-state index contributed by atoms with van der Waals surface area (Å²) in [5, 5.41) is 2.73. The number of nitrogens with one attached hydrogen (secondary N) is 1. The zero-order valence-corrected chi connectivity index (χ0v) is 15.7. The van der Waals surface area contributed by atoms with Crippen LogP contribution in [-0.2, 0) is 6.42 Å². The van der Waals surface area contributed by atoms with Crippen molar-refractivity contribution in [3.8, 4) is 11.6 Å². The molecular formula is C20H15BrF2N2O2. The first-order valence-electron chi connectivity index (χ1n) is 8.13. The zero-order valence-electron chi connectivity index (χ0n) is 14.1. The SMILES string of the molecule is O=C(NCCc1ccc(Br)cc1)c1cc(F)cnc1Oc1ccc(F)cc1. The molecule has 1 amide bonds. The van der Waals surface area contributed by atoms with Crippen molar-refractivity contribution in [2.75, 3.05) is 6.54 Å². The molecule has 3 aromatic rings. The van der Waals surface area contributed by atoms with Gasteiger partial charge in [-0.3, -0.25) is 4.79 Å². The van der Waals surface area contributed by atoms with Crippen LogP contribution in [0, 0.1) is 11.6 Å². The largest absolute Gasteiger partial charge is 0.438 e. The van der Waals surface area contributed by atoms with Crippen LogP contribution >= 0.6 is 15.9 Å². The van der Waals surface area contributed by atoms with Crippen LogP contribution in [-0.4, -0.2) is 17.4 Å². The average molecular weight is 433 g/mol. The van der Waals surface area contributed by atoms with Gasteiger partial charge in [0.25, 0.3) is 5.91 Å². The van der Waals surface area contributed by atoms with Crippen molar-refractivity contribution in [2.45, 2.75) is 6.42 Å². The van der Waals surface area contributed by atoms with Gasteiger partial charge in [0, 0.05) is 11.0 Å². The van der Waals surface area contributed by atoms with Crippen molar-refractivity contribution in [1.29, 1.82) is 0 Å². The molecule has 4 nitrogen and oxygen atoms in total. The molecule has 27 heavy (non-hydrogen) atoms. The van der Waals surface area contributed by atoms with Crippen LogP contribution in [0.5, 0.6) is 11.6 Å². The lowest BCUT2D eigenvalue weighted by molar-refractivity contribution is 0.0950. The summed E-state index contributed by atoms with van der Waals surface area (Å²) in [6, 6.07) is 14.0. The van der Waals surface area contributed by atoms with E-state index in [2.05, 4.69) is 26.2 Å². The van der Waals surface area contributed by atoms with Crippen molar-refractivity contribution >= 4 is 21.8 Å². The smallest absolute Gasteiger partial charge is 0.256 e. The topological polar surface area (TPSA) is 51.2 Å². The van der Waals surface area contributed by atoms with E-state index in [1.807, 2.05) is 24.3 Å². The molecule has 1 heterocycles. The number of nitrogens with zero attached hydrogens (tertiary/aromatic N) is 1. The average Bonchev–Trinajstić information content (AvgIpc) is 2.66. The second-order valence-corrected chi connectivity index (χ2v) is 6.61. The third-order valence-electron chi connectivity index (χ3n) is 3.70. The minimum atomic E-state index is -0.653. The van der Waals surface area contributed by atoms with Crippen LogP contribution in [0.15, 0.2) is 65.3 Å². The van der Waals surface area contributed by atoms with Crippen LogP contribution in [0.2, 0.25) is 0 Å². The summed E-state index contributed by atoms with van der Waals surface area (Å²) in [5.74, 6) is -1.33. The Morgan fingerprint density at radius 1 is 1.04 bits per heavy atom. The predicted molar refractivity (Wildman–Crippen MR) is 101 cm³/mol. The molecule has 1 aromatic heterocycles. The first-order chi connectivity index (χ1) is 13.0. The fourth-order valence-electron chi connectivity index (χ4n) is 2.35. The number of hydrogen-bond donors (Lipinski definition) is 1. The minimum absolute atomic E-state index is 0.0323. The summed E-state index contributed by atoms with van der Waals surface area (Å²) in [6.07, 6.45) is 1.58. The van der Waals surface area contributed by atoms with Crippen LogP contribution in [0.4, 0.5) is 8.78 Å². The summed E-state index contributed by atoms with van der Waals surface area (Å²) in [5.41, 5.74) is 1.02. The summed E-state index contributed by atoms with van der Waals surface area (Å²) in [7, 11) is 0. The Hall–Kier alpha value is -2.80. The van der Waals surface area contributed by atoms with E-state index in [9.17, 15) is 13.6 Å². The molecule has 0 saturated heterocycles. The van der Waals surface area contributed by atoms with Gasteiger partial charge in [-0.1, -0.05) is 28.1 Å². The molecule has 0 fully saturated rings. The molecule has 0 bridgehead atoms. The summed E-state index contributed by atoms with van der Waals surface area (Å²) >= 11 is 3.37. The molecule has 0 aliphatic carbocycles. The molecule has 0 saturated carbocycles. The number of ether oxygens (including phenoxy) is 1. The number of hydrogen-bond acceptors (Lipinski definition) is 3. The molecule has 0 spiro atoms. The molecule has 0 atom stereocenters. The van der Waals surface area contributed by atoms with E-state index in [0.29, 0.717) is 18.7 Å². The Kier molecular flexibility index (Phi) is 6.13. The van der Waals surface area contributed by atoms with E-state index in [1.54, 1.807) is 0 Å². The maximum atomic E-state index is 13.6. The van der Waals surface area contributed by atoms with Gasteiger partial charge in [0.1, 0.15) is 22.9 Å². The molecule has 0 aliphatic rings. The summed E-state index contributed by atoms with van der Waals surface area (Å²) < 4.78 is 33.1. The van der Waals surface area contributed by atoms with Gasteiger partial charge in [0.05, 0.1) is 6.20 Å². The lowest BCUT2D eigenvalue weighted by Crippen LogP contribution is -2.26. The number of carbonyl (C=O) groups excluding carboxylic acids is 1. The normalized spacial score (nSPS) is 10.5. The Bertz CT molecular complexity index is 932. The standard InChI is InChI=1S/C20H15BrF2N2O2/c21-14-3-1-13(2-4-14)9-10-24-19(26)18-11-16(23)12-25-20(18)27-17-7-5-15(22)6-8-17/h1-8,11-12H,9-10H2,(H,24,26). The van der Waals surface area contributed by atoms with Gasteiger partial charge >= 0.3 is 0 Å². The van der Waals surface area contributed by atoms with E-state index in [1.165, 1.54) is 24.3 Å². The first kappa shape index (κ1) is 19.0. The Morgan fingerprint density at radius 3 is 2.44 bits per heavy atom. The first-order valence-corrected chi connectivity index (χ1v) is 8.92. The van der Waals surface area contributed by atoms with E-state index in [4.69, 9.17) is 4.74 Å². The Labute approximate surface area is 163 Å². The lowest BCUT2D eigenvalue weighted by Gasteiger charge is -2.11. The van der Waals surface area contributed by atoms with Crippen LogP contribution in [0.1, 0.15) is 15.9 Å². The van der Waals surface area contributed by atoms with Gasteiger partial charge in [-0.25, -0.2) is 13.8 Å². The highest BCUT2D eigenvalue weighted by Crippen LogP contribution is 2.24. The zero-order chi connectivity index (χ0) is 19.2. The number of pyridine rings is 1. The molecule has 3 rings (SSSR count). The van der Waals surface area contributed by atoms with Crippen molar-refractivity contribution < 1.29 is 18.3 Å². The number of carbonyl (C=O) groups is 1. The van der Waals surface area contributed by atoms with Gasteiger partial charge in [-0.05, 0) is 54.4 Å². The number of rotatable bonds is 6. The number of amides is 1. The summed E-state index contributed by atoms with van der Waals surface area (Å²) in [4.78, 5) is 16.3. The third-order valence-corrected chi connectivity index (χ3v) is 4.23.